The van der Waals surface area contributed by atoms with Gasteiger partial charge in [0, 0.05) is 5.56 Å². The fraction of sp³-hybridized carbons (Fsp3) is 0.667. The van der Waals surface area contributed by atoms with Gasteiger partial charge >= 0.3 is 6.11 Å². The van der Waals surface area contributed by atoms with Crippen molar-refractivity contribution >= 4 is 0 Å². The van der Waals surface area contributed by atoms with Gasteiger partial charge in [0.05, 0.1) is 5.56 Å². The third-order valence-electron chi connectivity index (χ3n) is 9.39. The Kier molecular flexibility index (Phi) is 11.9. The van der Waals surface area contributed by atoms with Gasteiger partial charge in [-0.1, -0.05) is 122 Å². The van der Waals surface area contributed by atoms with Gasteiger partial charge < -0.3 is 4.74 Å². The number of unbranched alkanes of at least 4 members (excludes halogenated alkanes) is 11. The Morgan fingerprint density at radius 3 is 2.00 bits per heavy atom. The zero-order valence-corrected chi connectivity index (χ0v) is 25.0. The van der Waals surface area contributed by atoms with Crippen LogP contribution in [0.5, 0.6) is 5.75 Å². The van der Waals surface area contributed by atoms with E-state index in [9.17, 15) is 0 Å². The van der Waals surface area contributed by atoms with E-state index in [0.29, 0.717) is 29.0 Å². The summed E-state index contributed by atoms with van der Waals surface area (Å²) in [7, 11) is 0. The van der Waals surface area contributed by atoms with E-state index in [-0.39, 0.29) is 11.3 Å². The molecule has 1 aliphatic heterocycles. The van der Waals surface area contributed by atoms with Crippen molar-refractivity contribution in [3.8, 4) is 16.9 Å². The summed E-state index contributed by atoms with van der Waals surface area (Å²) in [6, 6.07) is 8.95. The summed E-state index contributed by atoms with van der Waals surface area (Å²) in [6.07, 6.45) is 18.7. The van der Waals surface area contributed by atoms with Crippen molar-refractivity contribution < 1.29 is 17.9 Å². The lowest BCUT2D eigenvalue weighted by Gasteiger charge is -2.32. The zero-order valence-electron chi connectivity index (χ0n) is 25.0. The zero-order chi connectivity index (χ0) is 28.4. The van der Waals surface area contributed by atoms with E-state index in [1.54, 1.807) is 24.3 Å². The molecule has 222 valence electrons. The van der Waals surface area contributed by atoms with Gasteiger partial charge in [-0.05, 0) is 73.1 Å². The molecule has 2 aromatic rings. The van der Waals surface area contributed by atoms with Crippen LogP contribution in [-0.2, 0) is 12.5 Å². The third kappa shape index (κ3) is 8.07. The first kappa shape index (κ1) is 31.0. The van der Waals surface area contributed by atoms with Gasteiger partial charge in [-0.25, -0.2) is 4.39 Å². The number of halogens is 3. The van der Waals surface area contributed by atoms with Crippen LogP contribution < -0.4 is 4.74 Å². The molecular formula is C36H51F3O. The van der Waals surface area contributed by atoms with Crippen LogP contribution >= 0.6 is 0 Å². The monoisotopic (exact) mass is 556 g/mol. The van der Waals surface area contributed by atoms with Crippen molar-refractivity contribution in [3.63, 3.8) is 0 Å². The van der Waals surface area contributed by atoms with Crippen molar-refractivity contribution in [2.45, 2.75) is 148 Å². The average molecular weight is 557 g/mol. The average Bonchev–Trinajstić information content (AvgIpc) is 2.96. The molecule has 1 saturated carbocycles. The fourth-order valence-corrected chi connectivity index (χ4v) is 6.85. The Labute approximate surface area is 241 Å². The first-order valence-electron chi connectivity index (χ1n) is 16.5. The molecule has 1 nitrogen and oxygen atoms in total. The summed E-state index contributed by atoms with van der Waals surface area (Å²) in [5, 5.41) is 0. The van der Waals surface area contributed by atoms with Crippen molar-refractivity contribution in [1.82, 2.24) is 0 Å². The maximum absolute atomic E-state index is 15.4. The Hall–Kier alpha value is -1.97. The lowest BCUT2D eigenvalue weighted by atomic mass is 9.76. The van der Waals surface area contributed by atoms with Crippen LogP contribution in [0.3, 0.4) is 0 Å². The number of hydrogen-bond donors (Lipinski definition) is 0. The summed E-state index contributed by atoms with van der Waals surface area (Å²) >= 11 is 0. The molecule has 2 aliphatic rings. The maximum atomic E-state index is 15.4. The quantitative estimate of drug-likeness (QED) is 0.187. The highest BCUT2D eigenvalue weighted by Gasteiger charge is 2.44. The van der Waals surface area contributed by atoms with Crippen LogP contribution in [0.15, 0.2) is 30.3 Å². The van der Waals surface area contributed by atoms with Crippen molar-refractivity contribution in [2.24, 2.45) is 5.92 Å². The van der Waals surface area contributed by atoms with Crippen molar-refractivity contribution in [2.75, 3.05) is 0 Å². The molecule has 0 atom stereocenters. The number of hydrogen-bond acceptors (Lipinski definition) is 1. The van der Waals surface area contributed by atoms with Crippen LogP contribution in [0, 0.1) is 11.7 Å². The molecule has 1 fully saturated rings. The van der Waals surface area contributed by atoms with E-state index >= 15 is 13.2 Å². The number of fused-ring (bicyclic) bond motifs is 3. The first-order valence-corrected chi connectivity index (χ1v) is 16.5. The summed E-state index contributed by atoms with van der Waals surface area (Å²) in [4.78, 5) is 0. The summed E-state index contributed by atoms with van der Waals surface area (Å²) in [6.45, 7) is 4.46. The number of aryl methyl sites for hydroxylation is 1. The van der Waals surface area contributed by atoms with Gasteiger partial charge in [0.25, 0.3) is 0 Å². The fourth-order valence-electron chi connectivity index (χ4n) is 6.85. The molecule has 0 unspecified atom stereocenters. The minimum atomic E-state index is -3.54. The van der Waals surface area contributed by atoms with E-state index in [0.717, 1.165) is 43.6 Å². The van der Waals surface area contributed by atoms with Gasteiger partial charge in [-0.15, -0.1) is 0 Å². The summed E-state index contributed by atoms with van der Waals surface area (Å²) in [5.41, 5.74) is 2.16. The normalized spacial score (nSPS) is 19.6. The maximum Gasteiger partial charge on any atom is 0.427 e. The molecule has 0 radical (unpaired) electrons. The molecule has 40 heavy (non-hydrogen) atoms. The van der Waals surface area contributed by atoms with Gasteiger partial charge in [0.1, 0.15) is 0 Å². The molecule has 0 N–H and O–H groups in total. The highest BCUT2D eigenvalue weighted by Crippen LogP contribution is 2.50. The van der Waals surface area contributed by atoms with Crippen LogP contribution in [-0.4, -0.2) is 0 Å². The molecule has 2 aromatic carbocycles. The predicted molar refractivity (Wildman–Crippen MR) is 161 cm³/mol. The third-order valence-corrected chi connectivity index (χ3v) is 9.39. The smallest absolute Gasteiger partial charge is 0.425 e. The highest BCUT2D eigenvalue weighted by molar-refractivity contribution is 5.77. The predicted octanol–water partition coefficient (Wildman–Crippen LogP) is 12.3. The topological polar surface area (TPSA) is 9.23 Å². The molecule has 0 amide bonds. The van der Waals surface area contributed by atoms with Crippen LogP contribution in [0.1, 0.15) is 152 Å². The molecule has 4 rings (SSSR count). The van der Waals surface area contributed by atoms with E-state index in [1.807, 2.05) is 6.07 Å². The summed E-state index contributed by atoms with van der Waals surface area (Å²) < 4.78 is 51.2. The number of benzene rings is 2. The highest BCUT2D eigenvalue weighted by atomic mass is 19.3. The standard InChI is InChI=1S/C36H51F3O/c1-3-5-7-9-10-11-13-15-17-29-22-25-32-31-24-23-30(26-33(31)36(38,39)40-35(32)34(29)37)28-20-18-27(19-21-28)16-14-12-8-6-4-2/h22-28H,3-21H2,1-2H3. The molecule has 0 saturated heterocycles. The van der Waals surface area contributed by atoms with Gasteiger partial charge in [-0.3, -0.25) is 0 Å². The number of rotatable bonds is 16. The van der Waals surface area contributed by atoms with Crippen LogP contribution in [0.25, 0.3) is 11.1 Å². The Morgan fingerprint density at radius 2 is 1.32 bits per heavy atom. The molecule has 1 heterocycles. The second-order valence-electron chi connectivity index (χ2n) is 12.5. The van der Waals surface area contributed by atoms with Crippen molar-refractivity contribution in [3.05, 3.63) is 52.8 Å². The Morgan fingerprint density at radius 1 is 0.725 bits per heavy atom. The molecule has 1 aliphatic carbocycles. The van der Waals surface area contributed by atoms with E-state index < -0.39 is 11.9 Å². The van der Waals surface area contributed by atoms with Crippen LogP contribution in [0.2, 0.25) is 0 Å². The second kappa shape index (κ2) is 15.3. The number of ether oxygens (including phenoxy) is 1. The van der Waals surface area contributed by atoms with Gasteiger partial charge in [-0.2, -0.15) is 8.78 Å². The van der Waals surface area contributed by atoms with Crippen LogP contribution in [0.4, 0.5) is 13.2 Å². The minimum Gasteiger partial charge on any atom is -0.425 e. The van der Waals surface area contributed by atoms with Gasteiger partial charge in [0.15, 0.2) is 11.6 Å². The molecule has 4 heteroatoms. The van der Waals surface area contributed by atoms with E-state index in [2.05, 4.69) is 13.8 Å². The second-order valence-corrected chi connectivity index (χ2v) is 12.5. The lowest BCUT2D eigenvalue weighted by molar-refractivity contribution is -0.188. The summed E-state index contributed by atoms with van der Waals surface area (Å²) in [5.74, 6) is 0.171. The molecule has 0 aromatic heterocycles. The SMILES string of the molecule is CCCCCCCCCCc1ccc2c(c1F)OC(F)(F)c1cc(C3CCC(CCCCCCC)CC3)ccc1-2. The Bertz CT molecular complexity index is 1050. The molecule has 0 bridgehead atoms. The first-order chi connectivity index (χ1) is 19.4. The van der Waals surface area contributed by atoms with E-state index in [1.165, 1.54) is 83.5 Å². The van der Waals surface area contributed by atoms with Gasteiger partial charge in [0.2, 0.25) is 0 Å². The van der Waals surface area contributed by atoms with E-state index in [4.69, 9.17) is 4.74 Å². The molecular weight excluding hydrogens is 505 g/mol. The lowest BCUT2D eigenvalue weighted by Crippen LogP contribution is -2.28. The largest absolute Gasteiger partial charge is 0.427 e. The minimum absolute atomic E-state index is 0.120. The Balaban J connectivity index is 1.36. The number of alkyl halides is 2. The molecule has 0 spiro atoms. The van der Waals surface area contributed by atoms with Crippen molar-refractivity contribution in [1.29, 1.82) is 0 Å².